The van der Waals surface area contributed by atoms with Gasteiger partial charge in [-0.05, 0) is 117 Å². The molecule has 0 saturated heterocycles. The van der Waals surface area contributed by atoms with E-state index in [-0.39, 0.29) is 0 Å². The van der Waals surface area contributed by atoms with Crippen molar-refractivity contribution in [2.24, 2.45) is 4.99 Å². The molecule has 4 heteroatoms. The number of pyridine rings is 3. The number of nitrogens with zero attached hydrogens (tertiary/aromatic N) is 4. The molecule has 3 aromatic carbocycles. The van der Waals surface area contributed by atoms with Gasteiger partial charge >= 0.3 is 0 Å². The monoisotopic (exact) mass is 556 g/mol. The highest BCUT2D eigenvalue weighted by Gasteiger charge is 2.12. The lowest BCUT2D eigenvalue weighted by atomic mass is 9.91. The predicted octanol–water partition coefficient (Wildman–Crippen LogP) is 9.70. The maximum absolute atomic E-state index is 4.38. The van der Waals surface area contributed by atoms with Gasteiger partial charge in [0.05, 0.1) is 0 Å². The molecule has 0 fully saturated rings. The number of allylic oxidation sites excluding steroid dienone is 2. The molecule has 0 aliphatic carbocycles. The Bertz CT molecular complexity index is 1840. The molecule has 0 atom stereocenters. The summed E-state index contributed by atoms with van der Waals surface area (Å²) >= 11 is 0. The van der Waals surface area contributed by atoms with E-state index in [1.54, 1.807) is 12.4 Å². The van der Waals surface area contributed by atoms with Crippen molar-refractivity contribution in [1.29, 1.82) is 0 Å². The Morgan fingerprint density at radius 2 is 0.930 bits per heavy atom. The van der Waals surface area contributed by atoms with Crippen LogP contribution in [0.15, 0.2) is 145 Å². The third-order valence-corrected chi connectivity index (χ3v) is 7.41. The molecule has 0 saturated carbocycles. The zero-order valence-electron chi connectivity index (χ0n) is 24.4. The van der Waals surface area contributed by atoms with E-state index in [1.165, 1.54) is 0 Å². The average Bonchev–Trinajstić information content (AvgIpc) is 3.09. The molecule has 4 nitrogen and oxygen atoms in total. The fourth-order valence-corrected chi connectivity index (χ4v) is 5.34. The van der Waals surface area contributed by atoms with Gasteiger partial charge in [-0.3, -0.25) is 19.9 Å². The van der Waals surface area contributed by atoms with E-state index in [0.29, 0.717) is 0 Å². The van der Waals surface area contributed by atoms with Crippen LogP contribution in [0.5, 0.6) is 0 Å². The first-order chi connectivity index (χ1) is 21.2. The van der Waals surface area contributed by atoms with Crippen LogP contribution in [0.4, 0.5) is 0 Å². The third-order valence-electron chi connectivity index (χ3n) is 7.41. The molecule has 0 amide bonds. The molecule has 0 bridgehead atoms. The van der Waals surface area contributed by atoms with Crippen LogP contribution >= 0.6 is 0 Å². The largest absolute Gasteiger partial charge is 0.296 e. The summed E-state index contributed by atoms with van der Waals surface area (Å²) in [7, 11) is 1.82. The van der Waals surface area contributed by atoms with Gasteiger partial charge in [-0.1, -0.05) is 49.4 Å². The summed E-state index contributed by atoms with van der Waals surface area (Å²) in [5.74, 6) is 0. The van der Waals surface area contributed by atoms with Crippen molar-refractivity contribution in [1.82, 2.24) is 15.0 Å². The summed E-state index contributed by atoms with van der Waals surface area (Å²) in [5.41, 5.74) is 13.4. The predicted molar refractivity (Wildman–Crippen MR) is 180 cm³/mol. The van der Waals surface area contributed by atoms with Crippen molar-refractivity contribution < 1.29 is 0 Å². The molecule has 43 heavy (non-hydrogen) atoms. The van der Waals surface area contributed by atoms with Crippen molar-refractivity contribution in [3.63, 3.8) is 0 Å². The lowest BCUT2D eigenvalue weighted by Crippen LogP contribution is -1.92. The molecule has 3 aromatic heterocycles. The zero-order chi connectivity index (χ0) is 29.4. The summed E-state index contributed by atoms with van der Waals surface area (Å²) < 4.78 is 0. The highest BCUT2D eigenvalue weighted by Crippen LogP contribution is 2.36. The second kappa shape index (κ2) is 13.0. The SMILES string of the molecule is CC/C=C(\C=NC)c1cc(-c2cccnc2)cc(-c2cccc(-c3cc(-c4cccnc4)cc(-c4cccnc4)c3)c2)c1. The van der Waals surface area contributed by atoms with Crippen molar-refractivity contribution in [3.8, 4) is 55.6 Å². The molecule has 0 aliphatic rings. The van der Waals surface area contributed by atoms with Gasteiger partial charge in [0.2, 0.25) is 0 Å². The van der Waals surface area contributed by atoms with Crippen molar-refractivity contribution in [3.05, 3.63) is 146 Å². The average molecular weight is 557 g/mol. The zero-order valence-corrected chi connectivity index (χ0v) is 24.4. The first kappa shape index (κ1) is 27.7. The third kappa shape index (κ3) is 6.39. The highest BCUT2D eigenvalue weighted by atomic mass is 14.6. The van der Waals surface area contributed by atoms with Gasteiger partial charge in [-0.15, -0.1) is 0 Å². The van der Waals surface area contributed by atoms with Gasteiger partial charge < -0.3 is 0 Å². The van der Waals surface area contributed by atoms with Crippen LogP contribution in [0, 0.1) is 0 Å². The Balaban J connectivity index is 1.50. The molecule has 0 aliphatic heterocycles. The van der Waals surface area contributed by atoms with Gasteiger partial charge in [-0.2, -0.15) is 0 Å². The summed E-state index contributed by atoms with van der Waals surface area (Å²) in [5, 5.41) is 0. The van der Waals surface area contributed by atoms with Gasteiger partial charge in [0.25, 0.3) is 0 Å². The number of rotatable bonds is 8. The van der Waals surface area contributed by atoms with Crippen LogP contribution in [-0.2, 0) is 0 Å². The van der Waals surface area contributed by atoms with E-state index in [4.69, 9.17) is 0 Å². The number of hydrogen-bond donors (Lipinski definition) is 0. The van der Waals surface area contributed by atoms with Crippen molar-refractivity contribution >= 4 is 11.8 Å². The van der Waals surface area contributed by atoms with E-state index >= 15 is 0 Å². The summed E-state index contributed by atoms with van der Waals surface area (Å²) in [6.45, 7) is 2.15. The molecule has 6 rings (SSSR count). The van der Waals surface area contributed by atoms with Crippen molar-refractivity contribution in [2.45, 2.75) is 13.3 Å². The Labute approximate surface area is 253 Å². The minimum Gasteiger partial charge on any atom is -0.296 e. The Morgan fingerprint density at radius 3 is 1.35 bits per heavy atom. The van der Waals surface area contributed by atoms with E-state index in [1.807, 2.05) is 56.2 Å². The maximum Gasteiger partial charge on any atom is 0.0346 e. The van der Waals surface area contributed by atoms with E-state index in [9.17, 15) is 0 Å². The molecule has 0 unspecified atom stereocenters. The van der Waals surface area contributed by atoms with E-state index in [0.717, 1.165) is 73.2 Å². The summed E-state index contributed by atoms with van der Waals surface area (Å²) in [4.78, 5) is 17.5. The fourth-order valence-electron chi connectivity index (χ4n) is 5.34. The lowest BCUT2D eigenvalue weighted by Gasteiger charge is -2.14. The number of benzene rings is 3. The molecule has 0 N–H and O–H groups in total. The van der Waals surface area contributed by atoms with Crippen LogP contribution in [-0.4, -0.2) is 28.2 Å². The van der Waals surface area contributed by atoms with Crippen LogP contribution in [0.1, 0.15) is 18.9 Å². The highest BCUT2D eigenvalue weighted by molar-refractivity contribution is 6.10. The number of aromatic nitrogens is 3. The molecular weight excluding hydrogens is 524 g/mol. The Hall–Kier alpha value is -5.48. The Morgan fingerprint density at radius 1 is 0.535 bits per heavy atom. The second-order valence-corrected chi connectivity index (χ2v) is 10.4. The van der Waals surface area contributed by atoms with Gasteiger partial charge in [0.1, 0.15) is 0 Å². The molecule has 3 heterocycles. The summed E-state index contributed by atoms with van der Waals surface area (Å²) in [6.07, 6.45) is 16.2. The van der Waals surface area contributed by atoms with Gasteiger partial charge in [0, 0.05) is 67.1 Å². The first-order valence-corrected chi connectivity index (χ1v) is 14.5. The lowest BCUT2D eigenvalue weighted by molar-refractivity contribution is 1.23. The van der Waals surface area contributed by atoms with Crippen LogP contribution in [0.25, 0.3) is 61.2 Å². The standard InChI is InChI=1S/C39H32N4/c1-3-8-30(24-40-2)36-18-34(19-37(22-36)31-11-5-14-41-25-31)28-9-4-10-29(17-28)35-20-38(32-12-6-15-42-26-32)23-39(21-35)33-13-7-16-43-27-33/h4-27H,3H2,1-2H3/b30-8+,40-24?. The molecule has 0 spiro atoms. The van der Waals surface area contributed by atoms with Crippen molar-refractivity contribution in [2.75, 3.05) is 7.05 Å². The molecule has 0 radical (unpaired) electrons. The molecule has 6 aromatic rings. The van der Waals surface area contributed by atoms with Gasteiger partial charge in [0.15, 0.2) is 0 Å². The topological polar surface area (TPSA) is 51.0 Å². The van der Waals surface area contributed by atoms with Crippen LogP contribution in [0.2, 0.25) is 0 Å². The van der Waals surface area contributed by atoms with E-state index < -0.39 is 0 Å². The fraction of sp³-hybridized carbons (Fsp3) is 0.0769. The quantitative estimate of drug-likeness (QED) is 0.175. The molecular formula is C39H32N4. The van der Waals surface area contributed by atoms with E-state index in [2.05, 4.69) is 112 Å². The van der Waals surface area contributed by atoms with Crippen LogP contribution < -0.4 is 0 Å². The maximum atomic E-state index is 4.38. The van der Waals surface area contributed by atoms with Crippen LogP contribution in [0.3, 0.4) is 0 Å². The minimum absolute atomic E-state index is 0.926. The summed E-state index contributed by atoms with van der Waals surface area (Å²) in [6, 6.07) is 34.4. The van der Waals surface area contributed by atoms with Gasteiger partial charge in [-0.25, -0.2) is 0 Å². The normalized spacial score (nSPS) is 11.6. The Kier molecular flexibility index (Phi) is 8.37. The second-order valence-electron chi connectivity index (χ2n) is 10.4. The smallest absolute Gasteiger partial charge is 0.0346 e. The molecule has 208 valence electrons. The first-order valence-electron chi connectivity index (χ1n) is 14.5. The minimum atomic E-state index is 0.926. The number of aliphatic imine (C=N–C) groups is 1. The number of hydrogen-bond acceptors (Lipinski definition) is 4.